The van der Waals surface area contributed by atoms with E-state index in [4.69, 9.17) is 0 Å². The van der Waals surface area contributed by atoms with Gasteiger partial charge in [-0.1, -0.05) is 6.92 Å². The van der Waals surface area contributed by atoms with Gasteiger partial charge in [-0.2, -0.15) is 4.31 Å². The maximum Gasteiger partial charge on any atom is 0.246 e. The molecule has 0 aliphatic heterocycles. The third-order valence-corrected chi connectivity index (χ3v) is 5.22. The first kappa shape index (κ1) is 18.3. The Balaban J connectivity index is 3.08. The van der Waals surface area contributed by atoms with Crippen molar-refractivity contribution in [1.82, 2.24) is 14.2 Å². The predicted molar refractivity (Wildman–Crippen MR) is 89.1 cm³/mol. The first-order chi connectivity index (χ1) is 9.78. The number of sulfonamides is 1. The molecule has 0 aromatic carbocycles. The Kier molecular flexibility index (Phi) is 7.05. The molecule has 21 heavy (non-hydrogen) atoms. The minimum atomic E-state index is -3.57. The zero-order chi connectivity index (χ0) is 16.0. The van der Waals surface area contributed by atoms with Crippen LogP contribution in [0.1, 0.15) is 13.3 Å². The van der Waals surface area contributed by atoms with Crippen molar-refractivity contribution in [2.75, 3.05) is 46.1 Å². The highest BCUT2D eigenvalue weighted by Gasteiger charge is 2.25. The number of hydrogen-bond acceptors (Lipinski definition) is 5. The van der Waals surface area contributed by atoms with Crippen molar-refractivity contribution in [3.8, 4) is 0 Å². The SMILES string of the molecule is CCCNc1ncc(Br)cc1S(=O)(=O)N(C)CCN(C)C. The monoisotopic (exact) mass is 378 g/mol. The standard InChI is InChI=1S/C13H23BrN4O2S/c1-5-6-15-13-12(9-11(14)10-16-13)21(19,20)18(4)8-7-17(2)3/h9-10H,5-8H2,1-4H3,(H,15,16). The van der Waals surface area contributed by atoms with Crippen LogP contribution in [0, 0.1) is 0 Å². The minimum absolute atomic E-state index is 0.201. The van der Waals surface area contributed by atoms with Crippen LogP contribution in [0.25, 0.3) is 0 Å². The Bertz CT molecular complexity index is 563. The molecule has 0 saturated heterocycles. The molecule has 0 amide bonds. The molecule has 0 bridgehead atoms. The van der Waals surface area contributed by atoms with Crippen LogP contribution in [0.3, 0.4) is 0 Å². The van der Waals surface area contributed by atoms with Gasteiger partial charge < -0.3 is 10.2 Å². The van der Waals surface area contributed by atoms with Crippen LogP contribution in [0.2, 0.25) is 0 Å². The highest BCUT2D eigenvalue weighted by atomic mass is 79.9. The Morgan fingerprint density at radius 3 is 2.52 bits per heavy atom. The summed E-state index contributed by atoms with van der Waals surface area (Å²) in [6.45, 7) is 3.78. The number of pyridine rings is 1. The van der Waals surface area contributed by atoms with Crippen molar-refractivity contribution in [3.63, 3.8) is 0 Å². The number of anilines is 1. The van der Waals surface area contributed by atoms with E-state index < -0.39 is 10.0 Å². The summed E-state index contributed by atoms with van der Waals surface area (Å²) >= 11 is 3.29. The summed E-state index contributed by atoms with van der Waals surface area (Å²) in [6.07, 6.45) is 2.49. The quantitative estimate of drug-likeness (QED) is 0.747. The summed E-state index contributed by atoms with van der Waals surface area (Å²) in [7, 11) is 1.84. The summed E-state index contributed by atoms with van der Waals surface area (Å²) in [5, 5.41) is 3.07. The zero-order valence-corrected chi connectivity index (χ0v) is 15.3. The molecular formula is C13H23BrN4O2S. The van der Waals surface area contributed by atoms with Gasteiger partial charge in [0.1, 0.15) is 10.7 Å². The highest BCUT2D eigenvalue weighted by molar-refractivity contribution is 9.10. The first-order valence-corrected chi connectivity index (χ1v) is 9.02. The van der Waals surface area contributed by atoms with Crippen LogP contribution in [-0.4, -0.2) is 63.4 Å². The number of rotatable bonds is 8. The zero-order valence-electron chi connectivity index (χ0n) is 12.9. The molecule has 1 rings (SSSR count). The maximum atomic E-state index is 12.7. The lowest BCUT2D eigenvalue weighted by Crippen LogP contribution is -2.34. The third-order valence-electron chi connectivity index (χ3n) is 2.91. The van der Waals surface area contributed by atoms with Crippen molar-refractivity contribution in [2.45, 2.75) is 18.2 Å². The summed E-state index contributed by atoms with van der Waals surface area (Å²) in [4.78, 5) is 6.33. The van der Waals surface area contributed by atoms with Crippen molar-refractivity contribution < 1.29 is 8.42 Å². The predicted octanol–water partition coefficient (Wildman–Crippen LogP) is 1.85. The van der Waals surface area contributed by atoms with E-state index in [1.807, 2.05) is 25.9 Å². The molecule has 1 heterocycles. The summed E-state index contributed by atoms with van der Waals surface area (Å²) in [5.41, 5.74) is 0. The van der Waals surface area contributed by atoms with Crippen LogP contribution in [-0.2, 0) is 10.0 Å². The summed E-state index contributed by atoms with van der Waals surface area (Å²) < 4.78 is 27.4. The fraction of sp³-hybridized carbons (Fsp3) is 0.615. The van der Waals surface area contributed by atoms with E-state index in [-0.39, 0.29) is 4.90 Å². The molecule has 120 valence electrons. The Hall–Kier alpha value is -0.700. The van der Waals surface area contributed by atoms with Gasteiger partial charge in [-0.15, -0.1) is 0 Å². The van der Waals surface area contributed by atoms with Crippen molar-refractivity contribution in [3.05, 3.63) is 16.7 Å². The van der Waals surface area contributed by atoms with Gasteiger partial charge in [0.25, 0.3) is 0 Å². The normalized spacial score (nSPS) is 12.1. The molecule has 0 saturated carbocycles. The number of aromatic nitrogens is 1. The highest BCUT2D eigenvalue weighted by Crippen LogP contribution is 2.25. The molecule has 1 aromatic rings. The van der Waals surface area contributed by atoms with Crippen molar-refractivity contribution in [2.24, 2.45) is 0 Å². The molecule has 1 N–H and O–H groups in total. The Labute approximate surface area is 135 Å². The van der Waals surface area contributed by atoms with Gasteiger partial charge in [-0.25, -0.2) is 13.4 Å². The fourth-order valence-electron chi connectivity index (χ4n) is 1.62. The van der Waals surface area contributed by atoms with Gasteiger partial charge in [-0.05, 0) is 42.5 Å². The molecule has 6 nitrogen and oxygen atoms in total. The molecule has 0 atom stereocenters. The number of halogens is 1. The average molecular weight is 379 g/mol. The second-order valence-corrected chi connectivity index (χ2v) is 7.99. The number of likely N-dealkylation sites (N-methyl/N-ethyl adjacent to an activating group) is 2. The molecule has 0 fully saturated rings. The molecule has 1 aromatic heterocycles. The molecule has 0 radical (unpaired) electrons. The number of nitrogens with one attached hydrogen (secondary N) is 1. The molecule has 0 aliphatic rings. The van der Waals surface area contributed by atoms with Gasteiger partial charge >= 0.3 is 0 Å². The van der Waals surface area contributed by atoms with Gasteiger partial charge in [0.05, 0.1) is 0 Å². The average Bonchev–Trinajstić information content (AvgIpc) is 2.43. The van der Waals surface area contributed by atoms with Crippen LogP contribution in [0.5, 0.6) is 0 Å². The van der Waals surface area contributed by atoms with Gasteiger partial charge in [0.2, 0.25) is 10.0 Å². The van der Waals surface area contributed by atoms with E-state index in [0.717, 1.165) is 6.42 Å². The largest absolute Gasteiger partial charge is 0.369 e. The van der Waals surface area contributed by atoms with Crippen LogP contribution >= 0.6 is 15.9 Å². The van der Waals surface area contributed by atoms with Gasteiger partial charge in [-0.3, -0.25) is 0 Å². The van der Waals surface area contributed by atoms with Gasteiger partial charge in [0, 0.05) is 37.4 Å². The van der Waals surface area contributed by atoms with E-state index in [1.165, 1.54) is 4.31 Å². The van der Waals surface area contributed by atoms with E-state index in [1.54, 1.807) is 19.3 Å². The smallest absolute Gasteiger partial charge is 0.246 e. The van der Waals surface area contributed by atoms with Crippen LogP contribution in [0.4, 0.5) is 5.82 Å². The van der Waals surface area contributed by atoms with E-state index in [2.05, 4.69) is 26.2 Å². The molecular weight excluding hydrogens is 356 g/mol. The Morgan fingerprint density at radius 2 is 1.95 bits per heavy atom. The molecule has 0 spiro atoms. The molecule has 0 unspecified atom stereocenters. The van der Waals surface area contributed by atoms with E-state index in [0.29, 0.717) is 29.9 Å². The fourth-order valence-corrected chi connectivity index (χ4v) is 3.41. The lowest BCUT2D eigenvalue weighted by molar-refractivity contribution is 0.358. The van der Waals surface area contributed by atoms with Crippen molar-refractivity contribution >= 4 is 31.8 Å². The van der Waals surface area contributed by atoms with Crippen LogP contribution < -0.4 is 5.32 Å². The van der Waals surface area contributed by atoms with E-state index >= 15 is 0 Å². The second kappa shape index (κ2) is 8.07. The topological polar surface area (TPSA) is 65.5 Å². The summed E-state index contributed by atoms with van der Waals surface area (Å²) in [6, 6.07) is 1.59. The minimum Gasteiger partial charge on any atom is -0.369 e. The Morgan fingerprint density at radius 1 is 1.29 bits per heavy atom. The van der Waals surface area contributed by atoms with Gasteiger partial charge in [0.15, 0.2) is 0 Å². The number of hydrogen-bond donors (Lipinski definition) is 1. The van der Waals surface area contributed by atoms with Crippen molar-refractivity contribution in [1.29, 1.82) is 0 Å². The summed E-state index contributed by atoms with van der Waals surface area (Å²) in [5.74, 6) is 0.400. The maximum absolute atomic E-state index is 12.7. The van der Waals surface area contributed by atoms with Crippen LogP contribution in [0.15, 0.2) is 21.6 Å². The lowest BCUT2D eigenvalue weighted by Gasteiger charge is -2.21. The second-order valence-electron chi connectivity index (χ2n) is 5.06. The first-order valence-electron chi connectivity index (χ1n) is 6.79. The van der Waals surface area contributed by atoms with E-state index in [9.17, 15) is 8.42 Å². The lowest BCUT2D eigenvalue weighted by atomic mass is 10.4. The third kappa shape index (κ3) is 5.21. The molecule has 8 heteroatoms. The number of nitrogens with zero attached hydrogens (tertiary/aromatic N) is 3. The molecule has 0 aliphatic carbocycles.